The Labute approximate surface area is 267 Å². The van der Waals surface area contributed by atoms with Gasteiger partial charge in [0.05, 0.1) is 11.4 Å². The van der Waals surface area contributed by atoms with Crippen LogP contribution in [0, 0.1) is 0 Å². The quantitative estimate of drug-likeness (QED) is 0.205. The zero-order valence-corrected chi connectivity index (χ0v) is 25.7. The summed E-state index contributed by atoms with van der Waals surface area (Å²) >= 11 is 0. The molecule has 2 aromatic heterocycles. The van der Waals surface area contributed by atoms with Crippen molar-refractivity contribution in [1.29, 1.82) is 0 Å². The van der Waals surface area contributed by atoms with E-state index in [1.54, 1.807) is 0 Å². The summed E-state index contributed by atoms with van der Waals surface area (Å²) in [7, 11) is 0. The maximum Gasteiger partial charge on any atom is 0.160 e. The van der Waals surface area contributed by atoms with E-state index in [1.807, 2.05) is 36.4 Å². The van der Waals surface area contributed by atoms with E-state index < -0.39 is 0 Å². The van der Waals surface area contributed by atoms with Crippen molar-refractivity contribution in [3.8, 4) is 56.2 Å². The minimum absolute atomic E-state index is 0.0699. The van der Waals surface area contributed by atoms with Crippen molar-refractivity contribution in [3.63, 3.8) is 0 Å². The third kappa shape index (κ3) is 4.13. The Balaban J connectivity index is 1.17. The largest absolute Gasteiger partial charge is 0.456 e. The number of hydrogen-bond acceptors (Lipinski definition) is 3. The Morgan fingerprint density at radius 3 is 1.80 bits per heavy atom. The molecule has 0 amide bonds. The van der Waals surface area contributed by atoms with Crippen LogP contribution in [0.15, 0.2) is 150 Å². The summed E-state index contributed by atoms with van der Waals surface area (Å²) in [6, 6.07) is 51.0. The van der Waals surface area contributed by atoms with Gasteiger partial charge < -0.3 is 4.42 Å². The molecule has 0 saturated carbocycles. The Hall–Kier alpha value is -5.80. The fraction of sp³-hybridized carbons (Fsp3) is 0.0698. The summed E-state index contributed by atoms with van der Waals surface area (Å²) in [5, 5.41) is 2.30. The Morgan fingerprint density at radius 2 is 1.07 bits per heavy atom. The van der Waals surface area contributed by atoms with Crippen molar-refractivity contribution in [2.45, 2.75) is 19.3 Å². The molecule has 1 aliphatic rings. The Morgan fingerprint density at radius 1 is 0.457 bits per heavy atom. The number of rotatable bonds is 4. The molecule has 1 aliphatic carbocycles. The molecule has 0 radical (unpaired) electrons. The number of fused-ring (bicyclic) bond motifs is 6. The van der Waals surface area contributed by atoms with Crippen molar-refractivity contribution in [1.82, 2.24) is 9.97 Å². The third-order valence-electron chi connectivity index (χ3n) is 9.52. The van der Waals surface area contributed by atoms with Gasteiger partial charge in [-0.05, 0) is 57.6 Å². The summed E-state index contributed by atoms with van der Waals surface area (Å²) in [5.41, 5.74) is 14.3. The van der Waals surface area contributed by atoms with Crippen molar-refractivity contribution in [3.05, 3.63) is 157 Å². The second-order valence-electron chi connectivity index (χ2n) is 12.6. The predicted molar refractivity (Wildman–Crippen MR) is 189 cm³/mol. The van der Waals surface area contributed by atoms with Crippen LogP contribution in [0.25, 0.3) is 78.1 Å². The maximum atomic E-state index is 6.52. The van der Waals surface area contributed by atoms with Crippen LogP contribution in [0.5, 0.6) is 0 Å². The highest BCUT2D eigenvalue weighted by Gasteiger charge is 2.36. The zero-order chi connectivity index (χ0) is 30.8. The Kier molecular flexibility index (Phi) is 5.85. The lowest BCUT2D eigenvalue weighted by Crippen LogP contribution is -2.14. The van der Waals surface area contributed by atoms with Gasteiger partial charge in [0.15, 0.2) is 5.82 Å². The van der Waals surface area contributed by atoms with Gasteiger partial charge in [-0.1, -0.05) is 135 Å². The lowest BCUT2D eigenvalue weighted by Gasteiger charge is -2.21. The molecular formula is C43H30N2O. The fourth-order valence-corrected chi connectivity index (χ4v) is 7.15. The minimum atomic E-state index is -0.0699. The topological polar surface area (TPSA) is 38.9 Å². The van der Waals surface area contributed by atoms with Crippen LogP contribution in [0.3, 0.4) is 0 Å². The molecule has 0 fully saturated rings. The van der Waals surface area contributed by atoms with Crippen LogP contribution in [-0.4, -0.2) is 9.97 Å². The molecule has 3 heteroatoms. The normalized spacial score (nSPS) is 13.2. The first-order chi connectivity index (χ1) is 22.5. The van der Waals surface area contributed by atoms with E-state index in [9.17, 15) is 0 Å². The van der Waals surface area contributed by atoms with Crippen molar-refractivity contribution in [2.75, 3.05) is 0 Å². The van der Waals surface area contributed by atoms with Crippen LogP contribution >= 0.6 is 0 Å². The van der Waals surface area contributed by atoms with E-state index in [2.05, 4.69) is 123 Å². The number of nitrogens with zero attached hydrogens (tertiary/aromatic N) is 2. The van der Waals surface area contributed by atoms with Crippen LogP contribution in [0.1, 0.15) is 25.0 Å². The molecule has 0 unspecified atom stereocenters. The van der Waals surface area contributed by atoms with E-state index >= 15 is 0 Å². The number of aromatic nitrogens is 2. The number of benzene rings is 6. The van der Waals surface area contributed by atoms with Gasteiger partial charge >= 0.3 is 0 Å². The van der Waals surface area contributed by atoms with E-state index in [1.165, 1.54) is 22.3 Å². The summed E-state index contributed by atoms with van der Waals surface area (Å²) in [6.45, 7) is 4.62. The number of hydrogen-bond donors (Lipinski definition) is 0. The summed E-state index contributed by atoms with van der Waals surface area (Å²) < 4.78 is 6.52. The first-order valence-corrected chi connectivity index (χ1v) is 15.7. The van der Waals surface area contributed by atoms with Gasteiger partial charge in [-0.2, -0.15) is 0 Å². The monoisotopic (exact) mass is 590 g/mol. The van der Waals surface area contributed by atoms with Crippen LogP contribution in [-0.2, 0) is 5.41 Å². The highest BCUT2D eigenvalue weighted by atomic mass is 16.3. The van der Waals surface area contributed by atoms with E-state index in [4.69, 9.17) is 14.4 Å². The second-order valence-corrected chi connectivity index (χ2v) is 12.6. The van der Waals surface area contributed by atoms with Gasteiger partial charge in [-0.25, -0.2) is 9.97 Å². The minimum Gasteiger partial charge on any atom is -0.456 e. The molecule has 46 heavy (non-hydrogen) atoms. The van der Waals surface area contributed by atoms with Crippen LogP contribution in [0.2, 0.25) is 0 Å². The lowest BCUT2D eigenvalue weighted by atomic mass is 9.82. The molecule has 0 N–H and O–H groups in total. The van der Waals surface area contributed by atoms with Crippen molar-refractivity contribution < 1.29 is 4.42 Å². The average molecular weight is 591 g/mol. The van der Waals surface area contributed by atoms with Gasteiger partial charge in [0.25, 0.3) is 0 Å². The zero-order valence-electron chi connectivity index (χ0n) is 25.7. The molecule has 2 heterocycles. The first-order valence-electron chi connectivity index (χ1n) is 15.7. The van der Waals surface area contributed by atoms with Gasteiger partial charge in [-0.3, -0.25) is 0 Å². The molecule has 6 aromatic carbocycles. The maximum absolute atomic E-state index is 6.52. The van der Waals surface area contributed by atoms with E-state index in [0.29, 0.717) is 5.82 Å². The molecule has 0 spiro atoms. The smallest absolute Gasteiger partial charge is 0.160 e. The standard InChI is InChI=1S/C43H30N2O/c1-43(2)35-18-10-9-16-32(35)33-24-34-40(25-36(33)43)46-39-19-11-17-31(41(34)39)27-20-22-29(23-21-27)38-26-37(28-12-5-3-6-13-28)44-42(45-38)30-14-7-4-8-15-30/h3-26H,1-2H3. The average Bonchev–Trinajstić information content (AvgIpc) is 3.59. The Bertz CT molecular complexity index is 2360. The lowest BCUT2D eigenvalue weighted by molar-refractivity contribution is 0.647. The van der Waals surface area contributed by atoms with Crippen LogP contribution < -0.4 is 0 Å². The summed E-state index contributed by atoms with van der Waals surface area (Å²) in [6.07, 6.45) is 0. The highest BCUT2D eigenvalue weighted by Crippen LogP contribution is 2.51. The number of furan rings is 1. The fourth-order valence-electron chi connectivity index (χ4n) is 7.15. The second kappa shape index (κ2) is 10.1. The van der Waals surface area contributed by atoms with E-state index in [-0.39, 0.29) is 5.41 Å². The summed E-state index contributed by atoms with van der Waals surface area (Å²) in [4.78, 5) is 9.97. The molecule has 218 valence electrons. The molecule has 0 atom stereocenters. The third-order valence-corrected chi connectivity index (χ3v) is 9.52. The molecule has 9 rings (SSSR count). The molecule has 0 aliphatic heterocycles. The molecule has 0 saturated heterocycles. The molecule has 0 bridgehead atoms. The summed E-state index contributed by atoms with van der Waals surface area (Å²) in [5.74, 6) is 0.716. The predicted octanol–water partition coefficient (Wildman–Crippen LogP) is 11.4. The van der Waals surface area contributed by atoms with Crippen LogP contribution in [0.4, 0.5) is 0 Å². The molecule has 3 nitrogen and oxygen atoms in total. The SMILES string of the molecule is CC1(C)c2ccccc2-c2cc3c(cc21)oc1cccc(-c2ccc(-c4cc(-c5ccccc5)nc(-c5ccccc5)n4)cc2)c13. The molecular weight excluding hydrogens is 560 g/mol. The molecule has 8 aromatic rings. The van der Waals surface area contributed by atoms with Gasteiger partial charge in [-0.15, -0.1) is 0 Å². The van der Waals surface area contributed by atoms with Crippen molar-refractivity contribution >= 4 is 21.9 Å². The van der Waals surface area contributed by atoms with Gasteiger partial charge in [0, 0.05) is 32.9 Å². The van der Waals surface area contributed by atoms with Gasteiger partial charge in [0.1, 0.15) is 11.2 Å². The van der Waals surface area contributed by atoms with Gasteiger partial charge in [0.2, 0.25) is 0 Å². The van der Waals surface area contributed by atoms with E-state index in [0.717, 1.165) is 61.1 Å². The first kappa shape index (κ1) is 26.6. The van der Waals surface area contributed by atoms with Crippen molar-refractivity contribution in [2.24, 2.45) is 0 Å². The highest BCUT2D eigenvalue weighted by molar-refractivity contribution is 6.14.